The van der Waals surface area contributed by atoms with Gasteiger partial charge in [-0.1, -0.05) is 19.9 Å². The van der Waals surface area contributed by atoms with E-state index in [2.05, 4.69) is 24.9 Å². The smallest absolute Gasteiger partial charge is 0.156 e. The van der Waals surface area contributed by atoms with Gasteiger partial charge in [0, 0.05) is 12.8 Å². The largest absolute Gasteiger partial charge is 0.374 e. The Morgan fingerprint density at radius 1 is 1.40 bits per heavy atom. The second-order valence-electron chi connectivity index (χ2n) is 4.29. The summed E-state index contributed by atoms with van der Waals surface area (Å²) in [4.78, 5) is 4.63. The molecule has 1 aliphatic heterocycles. The van der Waals surface area contributed by atoms with Crippen LogP contribution in [0.2, 0.25) is 0 Å². The fraction of sp³-hybridized carbons (Fsp3) is 0.583. The van der Waals surface area contributed by atoms with Gasteiger partial charge in [-0.15, -0.1) is 0 Å². The Hall–Kier alpha value is -0.930. The zero-order chi connectivity index (χ0) is 10.9. The van der Waals surface area contributed by atoms with E-state index < -0.39 is 0 Å². The van der Waals surface area contributed by atoms with Crippen LogP contribution >= 0.6 is 0 Å². The highest BCUT2D eigenvalue weighted by Gasteiger charge is 2.42. The summed E-state index contributed by atoms with van der Waals surface area (Å²) in [5, 5.41) is 0. The number of rotatable bonds is 3. The lowest BCUT2D eigenvalue weighted by Gasteiger charge is -2.39. The molecule has 0 amide bonds. The number of pyridine rings is 1. The molecule has 82 valence electrons. The van der Waals surface area contributed by atoms with Gasteiger partial charge in [0.15, 0.2) is 5.60 Å². The third-order valence-corrected chi connectivity index (χ3v) is 2.89. The third kappa shape index (κ3) is 1.77. The van der Waals surface area contributed by atoms with Crippen LogP contribution in [0.15, 0.2) is 18.2 Å². The monoisotopic (exact) mass is 207 g/mol. The number of aromatic nitrogens is 1. The molecule has 0 atom stereocenters. The highest BCUT2D eigenvalue weighted by molar-refractivity contribution is 5.21. The van der Waals surface area contributed by atoms with Crippen LogP contribution < -0.4 is 0 Å². The molecule has 0 N–H and O–H groups in total. The molecular formula is C12H17NO2. The minimum Gasteiger partial charge on any atom is -0.374 e. The Morgan fingerprint density at radius 3 is 2.60 bits per heavy atom. The van der Waals surface area contributed by atoms with Crippen molar-refractivity contribution in [2.24, 2.45) is 0 Å². The van der Waals surface area contributed by atoms with Crippen LogP contribution in [0.3, 0.4) is 0 Å². The molecule has 0 saturated carbocycles. The van der Waals surface area contributed by atoms with Crippen LogP contribution in [0.5, 0.6) is 0 Å². The molecule has 1 aliphatic rings. The molecule has 3 heteroatoms. The second-order valence-corrected chi connectivity index (χ2v) is 4.29. The molecule has 2 rings (SSSR count). The number of nitrogens with zero attached hydrogens (tertiary/aromatic N) is 1. The highest BCUT2D eigenvalue weighted by atomic mass is 16.6. The van der Waals surface area contributed by atoms with Crippen LogP contribution in [0.25, 0.3) is 0 Å². The minimum absolute atomic E-state index is 0.301. The molecule has 0 bridgehead atoms. The number of ether oxygens (including phenoxy) is 2. The highest BCUT2D eigenvalue weighted by Crippen LogP contribution is 2.32. The van der Waals surface area contributed by atoms with E-state index in [1.807, 2.05) is 12.1 Å². The van der Waals surface area contributed by atoms with E-state index in [1.165, 1.54) is 0 Å². The maximum absolute atomic E-state index is 5.51. The lowest BCUT2D eigenvalue weighted by molar-refractivity contribution is -0.204. The van der Waals surface area contributed by atoms with E-state index in [4.69, 9.17) is 9.47 Å². The summed E-state index contributed by atoms with van der Waals surface area (Å²) in [5.41, 5.74) is 1.79. The molecule has 0 aromatic carbocycles. The first-order valence-corrected chi connectivity index (χ1v) is 5.28. The van der Waals surface area contributed by atoms with Crippen molar-refractivity contribution >= 4 is 0 Å². The van der Waals surface area contributed by atoms with Gasteiger partial charge in [0.1, 0.15) is 0 Å². The lowest BCUT2D eigenvalue weighted by Crippen LogP contribution is -2.49. The van der Waals surface area contributed by atoms with Crippen molar-refractivity contribution in [1.82, 2.24) is 4.98 Å². The van der Waals surface area contributed by atoms with Crippen molar-refractivity contribution in [3.8, 4) is 0 Å². The first kappa shape index (κ1) is 10.6. The van der Waals surface area contributed by atoms with Crippen LogP contribution in [0, 0.1) is 0 Å². The predicted octanol–water partition coefficient (Wildman–Crippen LogP) is 2.08. The summed E-state index contributed by atoms with van der Waals surface area (Å²) in [6.07, 6.45) is 0. The van der Waals surface area contributed by atoms with E-state index in [0.29, 0.717) is 19.1 Å². The SMILES string of the molecule is COC1(c2cccc(C(C)C)n2)COC1. The van der Waals surface area contributed by atoms with Gasteiger partial charge in [0.25, 0.3) is 0 Å². The van der Waals surface area contributed by atoms with Gasteiger partial charge in [-0.05, 0) is 18.1 Å². The molecule has 1 fully saturated rings. The fourth-order valence-corrected chi connectivity index (χ4v) is 1.68. The van der Waals surface area contributed by atoms with Gasteiger partial charge in [-0.3, -0.25) is 4.98 Å². The molecule has 1 aromatic heterocycles. The average molecular weight is 207 g/mol. The maximum atomic E-state index is 5.51. The molecule has 1 aromatic rings. The zero-order valence-corrected chi connectivity index (χ0v) is 9.49. The van der Waals surface area contributed by atoms with Gasteiger partial charge >= 0.3 is 0 Å². The van der Waals surface area contributed by atoms with Crippen molar-refractivity contribution in [3.63, 3.8) is 0 Å². The standard InChI is InChI=1S/C12H17NO2/c1-9(2)10-5-4-6-11(13-10)12(14-3)7-15-8-12/h4-6,9H,7-8H2,1-3H3. The van der Waals surface area contributed by atoms with E-state index in [-0.39, 0.29) is 5.60 Å². The molecule has 1 saturated heterocycles. The summed E-state index contributed by atoms with van der Waals surface area (Å²) >= 11 is 0. The average Bonchev–Trinajstić information content (AvgIpc) is 2.17. The Balaban J connectivity index is 2.31. The minimum atomic E-state index is -0.301. The second kappa shape index (κ2) is 3.91. The van der Waals surface area contributed by atoms with Gasteiger partial charge < -0.3 is 9.47 Å². The molecule has 2 heterocycles. The normalized spacial score (nSPS) is 18.9. The van der Waals surface area contributed by atoms with E-state index in [0.717, 1.165) is 11.4 Å². The van der Waals surface area contributed by atoms with Crippen molar-refractivity contribution in [2.75, 3.05) is 20.3 Å². The Kier molecular flexibility index (Phi) is 2.76. The van der Waals surface area contributed by atoms with Crippen molar-refractivity contribution in [2.45, 2.75) is 25.4 Å². The van der Waals surface area contributed by atoms with Crippen molar-refractivity contribution in [1.29, 1.82) is 0 Å². The molecule has 15 heavy (non-hydrogen) atoms. The number of hydrogen-bond donors (Lipinski definition) is 0. The van der Waals surface area contributed by atoms with Crippen LogP contribution in [0.4, 0.5) is 0 Å². The van der Waals surface area contributed by atoms with Crippen LogP contribution in [-0.2, 0) is 15.1 Å². The molecule has 0 radical (unpaired) electrons. The Morgan fingerprint density at radius 2 is 2.13 bits per heavy atom. The zero-order valence-electron chi connectivity index (χ0n) is 9.49. The van der Waals surface area contributed by atoms with E-state index in [9.17, 15) is 0 Å². The van der Waals surface area contributed by atoms with Gasteiger partial charge in [0.2, 0.25) is 0 Å². The van der Waals surface area contributed by atoms with E-state index >= 15 is 0 Å². The molecule has 0 aliphatic carbocycles. The third-order valence-electron chi connectivity index (χ3n) is 2.89. The first-order chi connectivity index (χ1) is 7.18. The summed E-state index contributed by atoms with van der Waals surface area (Å²) in [5.74, 6) is 0.444. The summed E-state index contributed by atoms with van der Waals surface area (Å²) in [6.45, 7) is 5.50. The Labute approximate surface area is 90.4 Å². The lowest BCUT2D eigenvalue weighted by atomic mass is 9.96. The summed E-state index contributed by atoms with van der Waals surface area (Å²) in [7, 11) is 1.71. The quantitative estimate of drug-likeness (QED) is 0.760. The van der Waals surface area contributed by atoms with Gasteiger partial charge in [0.05, 0.1) is 18.9 Å². The van der Waals surface area contributed by atoms with Crippen LogP contribution in [0.1, 0.15) is 31.2 Å². The van der Waals surface area contributed by atoms with E-state index in [1.54, 1.807) is 7.11 Å². The molecule has 0 unspecified atom stereocenters. The number of methoxy groups -OCH3 is 1. The van der Waals surface area contributed by atoms with Gasteiger partial charge in [-0.2, -0.15) is 0 Å². The summed E-state index contributed by atoms with van der Waals surface area (Å²) in [6, 6.07) is 6.10. The van der Waals surface area contributed by atoms with Crippen molar-refractivity contribution in [3.05, 3.63) is 29.6 Å². The van der Waals surface area contributed by atoms with Crippen molar-refractivity contribution < 1.29 is 9.47 Å². The first-order valence-electron chi connectivity index (χ1n) is 5.28. The topological polar surface area (TPSA) is 31.4 Å². The summed E-state index contributed by atoms with van der Waals surface area (Å²) < 4.78 is 10.7. The molecule has 3 nitrogen and oxygen atoms in total. The van der Waals surface area contributed by atoms with Gasteiger partial charge in [-0.25, -0.2) is 0 Å². The number of hydrogen-bond acceptors (Lipinski definition) is 3. The Bertz CT molecular complexity index is 340. The van der Waals surface area contributed by atoms with Crippen LogP contribution in [-0.4, -0.2) is 25.3 Å². The fourth-order valence-electron chi connectivity index (χ4n) is 1.68. The predicted molar refractivity (Wildman–Crippen MR) is 57.8 cm³/mol. The molecular weight excluding hydrogens is 190 g/mol. The maximum Gasteiger partial charge on any atom is 0.156 e. The molecule has 0 spiro atoms.